The SMILES string of the molecule is CCc1ccc(C(=O)CSC(C)CCO)cc1. The number of aliphatic hydroxyl groups is 1. The van der Waals surface area contributed by atoms with E-state index in [4.69, 9.17) is 5.11 Å². The van der Waals surface area contributed by atoms with E-state index in [-0.39, 0.29) is 12.4 Å². The number of aliphatic hydroxyl groups excluding tert-OH is 1. The number of benzene rings is 1. The molecule has 0 amide bonds. The summed E-state index contributed by atoms with van der Waals surface area (Å²) >= 11 is 1.60. The molecule has 0 bridgehead atoms. The average molecular weight is 252 g/mol. The fraction of sp³-hybridized carbons (Fsp3) is 0.500. The van der Waals surface area contributed by atoms with E-state index in [9.17, 15) is 4.79 Å². The van der Waals surface area contributed by atoms with Gasteiger partial charge in [-0.15, -0.1) is 0 Å². The molecule has 0 aliphatic carbocycles. The molecular weight excluding hydrogens is 232 g/mol. The molecule has 0 aromatic heterocycles. The first-order chi connectivity index (χ1) is 8.17. The third-order valence-corrected chi connectivity index (χ3v) is 3.95. The third kappa shape index (κ3) is 4.92. The van der Waals surface area contributed by atoms with Crippen LogP contribution in [0.2, 0.25) is 0 Å². The van der Waals surface area contributed by atoms with Crippen molar-refractivity contribution in [1.29, 1.82) is 0 Å². The summed E-state index contributed by atoms with van der Waals surface area (Å²) in [6.07, 6.45) is 1.74. The third-order valence-electron chi connectivity index (χ3n) is 2.72. The molecule has 1 aromatic rings. The van der Waals surface area contributed by atoms with Gasteiger partial charge in [0.15, 0.2) is 5.78 Å². The summed E-state index contributed by atoms with van der Waals surface area (Å²) in [7, 11) is 0. The van der Waals surface area contributed by atoms with Crippen molar-refractivity contribution in [3.8, 4) is 0 Å². The van der Waals surface area contributed by atoms with Gasteiger partial charge in [-0.25, -0.2) is 0 Å². The maximum absolute atomic E-state index is 11.9. The summed E-state index contributed by atoms with van der Waals surface area (Å²) < 4.78 is 0. The number of ketones is 1. The first kappa shape index (κ1) is 14.3. The summed E-state index contributed by atoms with van der Waals surface area (Å²) in [6.45, 7) is 4.32. The predicted octanol–water partition coefficient (Wildman–Crippen LogP) is 2.94. The number of hydrogen-bond donors (Lipinski definition) is 1. The minimum absolute atomic E-state index is 0.169. The molecule has 0 heterocycles. The van der Waals surface area contributed by atoms with E-state index < -0.39 is 0 Å². The summed E-state index contributed by atoms with van der Waals surface area (Å²) in [5.74, 6) is 0.662. The van der Waals surface area contributed by atoms with Gasteiger partial charge in [0.05, 0.1) is 5.75 Å². The van der Waals surface area contributed by atoms with Crippen molar-refractivity contribution in [2.45, 2.75) is 31.9 Å². The molecule has 0 spiro atoms. The van der Waals surface area contributed by atoms with Gasteiger partial charge in [0, 0.05) is 17.4 Å². The first-order valence-electron chi connectivity index (χ1n) is 6.02. The van der Waals surface area contributed by atoms with Crippen LogP contribution in [0.1, 0.15) is 36.2 Å². The van der Waals surface area contributed by atoms with E-state index in [2.05, 4.69) is 6.92 Å². The number of Topliss-reactive ketones (excluding diaryl/α,β-unsaturated/α-hetero) is 1. The van der Waals surface area contributed by atoms with Gasteiger partial charge in [0.1, 0.15) is 0 Å². The van der Waals surface area contributed by atoms with E-state index in [0.29, 0.717) is 11.0 Å². The van der Waals surface area contributed by atoms with Crippen LogP contribution >= 0.6 is 11.8 Å². The molecule has 1 rings (SSSR count). The molecule has 0 fully saturated rings. The lowest BCUT2D eigenvalue weighted by atomic mass is 10.1. The zero-order valence-corrected chi connectivity index (χ0v) is 11.3. The van der Waals surface area contributed by atoms with Gasteiger partial charge < -0.3 is 5.11 Å². The maximum atomic E-state index is 11.9. The van der Waals surface area contributed by atoms with Gasteiger partial charge in [-0.3, -0.25) is 4.79 Å². The van der Waals surface area contributed by atoms with Crippen molar-refractivity contribution >= 4 is 17.5 Å². The highest BCUT2D eigenvalue weighted by Crippen LogP contribution is 2.16. The number of rotatable bonds is 7. The number of hydrogen-bond acceptors (Lipinski definition) is 3. The molecular formula is C14H20O2S. The zero-order chi connectivity index (χ0) is 12.7. The van der Waals surface area contributed by atoms with Gasteiger partial charge in [-0.1, -0.05) is 38.1 Å². The standard InChI is InChI=1S/C14H20O2S/c1-3-12-4-6-13(7-5-12)14(16)10-17-11(2)8-9-15/h4-7,11,15H,3,8-10H2,1-2H3. The van der Waals surface area contributed by atoms with Crippen molar-refractivity contribution < 1.29 is 9.90 Å². The lowest BCUT2D eigenvalue weighted by molar-refractivity contribution is 0.102. The lowest BCUT2D eigenvalue weighted by Gasteiger charge is -2.08. The summed E-state index contributed by atoms with van der Waals surface area (Å²) in [6, 6.07) is 7.82. The van der Waals surface area contributed by atoms with Crippen molar-refractivity contribution in [1.82, 2.24) is 0 Å². The molecule has 94 valence electrons. The molecule has 1 aromatic carbocycles. The Hall–Kier alpha value is -0.800. The lowest BCUT2D eigenvalue weighted by Crippen LogP contribution is -2.07. The second kappa shape index (κ2) is 7.51. The summed E-state index contributed by atoms with van der Waals surface area (Å²) in [4.78, 5) is 11.9. The molecule has 1 unspecified atom stereocenters. The molecule has 1 N–H and O–H groups in total. The van der Waals surface area contributed by atoms with Crippen molar-refractivity contribution in [3.05, 3.63) is 35.4 Å². The number of carbonyl (C=O) groups is 1. The highest BCUT2D eigenvalue weighted by molar-refractivity contribution is 8.00. The second-order valence-corrected chi connectivity index (χ2v) is 5.53. The van der Waals surface area contributed by atoms with Gasteiger partial charge >= 0.3 is 0 Å². The Kier molecular flexibility index (Phi) is 6.30. The second-order valence-electron chi connectivity index (χ2n) is 4.11. The van der Waals surface area contributed by atoms with E-state index >= 15 is 0 Å². The van der Waals surface area contributed by atoms with Crippen molar-refractivity contribution in [2.24, 2.45) is 0 Å². The molecule has 2 nitrogen and oxygen atoms in total. The smallest absolute Gasteiger partial charge is 0.172 e. The molecule has 17 heavy (non-hydrogen) atoms. The van der Waals surface area contributed by atoms with Crippen LogP contribution in [0.3, 0.4) is 0 Å². The Bertz CT molecular complexity index is 346. The topological polar surface area (TPSA) is 37.3 Å². The molecule has 0 saturated heterocycles. The van der Waals surface area contributed by atoms with E-state index in [0.717, 1.165) is 18.4 Å². The van der Waals surface area contributed by atoms with E-state index in [1.165, 1.54) is 5.56 Å². The van der Waals surface area contributed by atoms with Crippen molar-refractivity contribution in [2.75, 3.05) is 12.4 Å². The zero-order valence-electron chi connectivity index (χ0n) is 10.5. The van der Waals surface area contributed by atoms with Crippen LogP contribution in [0.4, 0.5) is 0 Å². The number of thioether (sulfide) groups is 1. The van der Waals surface area contributed by atoms with Crippen LogP contribution in [0.15, 0.2) is 24.3 Å². The van der Waals surface area contributed by atoms with Crippen molar-refractivity contribution in [3.63, 3.8) is 0 Å². The van der Waals surface area contributed by atoms with Gasteiger partial charge in [0.2, 0.25) is 0 Å². The number of aryl methyl sites for hydroxylation is 1. The molecule has 1 atom stereocenters. The highest BCUT2D eigenvalue weighted by Gasteiger charge is 2.09. The Morgan fingerprint density at radius 3 is 2.53 bits per heavy atom. The highest BCUT2D eigenvalue weighted by atomic mass is 32.2. The molecule has 0 saturated carbocycles. The first-order valence-corrected chi connectivity index (χ1v) is 7.06. The Balaban J connectivity index is 2.46. The van der Waals surface area contributed by atoms with Gasteiger partial charge in [-0.2, -0.15) is 11.8 Å². The summed E-state index contributed by atoms with van der Waals surface area (Å²) in [5, 5.41) is 9.11. The fourth-order valence-electron chi connectivity index (χ4n) is 1.49. The fourth-order valence-corrected chi connectivity index (χ4v) is 2.37. The van der Waals surface area contributed by atoms with Gasteiger partial charge in [0.25, 0.3) is 0 Å². The van der Waals surface area contributed by atoms with E-state index in [1.807, 2.05) is 31.2 Å². The predicted molar refractivity (Wildman–Crippen MR) is 73.8 cm³/mol. The molecule has 0 aliphatic rings. The Labute approximate surface area is 107 Å². The summed E-state index contributed by atoms with van der Waals surface area (Å²) in [5.41, 5.74) is 2.04. The molecule has 0 aliphatic heterocycles. The Morgan fingerprint density at radius 1 is 1.35 bits per heavy atom. The van der Waals surface area contributed by atoms with Crippen LogP contribution in [-0.2, 0) is 6.42 Å². The quantitative estimate of drug-likeness (QED) is 0.758. The maximum Gasteiger partial charge on any atom is 0.172 e. The van der Waals surface area contributed by atoms with Gasteiger partial charge in [-0.05, 0) is 18.4 Å². The van der Waals surface area contributed by atoms with Crippen LogP contribution in [0.5, 0.6) is 0 Å². The largest absolute Gasteiger partial charge is 0.396 e. The molecule has 0 radical (unpaired) electrons. The van der Waals surface area contributed by atoms with Crippen LogP contribution < -0.4 is 0 Å². The molecule has 3 heteroatoms. The van der Waals surface area contributed by atoms with Crippen LogP contribution in [0, 0.1) is 0 Å². The average Bonchev–Trinajstić information content (AvgIpc) is 2.36. The normalized spacial score (nSPS) is 12.4. The van der Waals surface area contributed by atoms with Crippen LogP contribution in [0.25, 0.3) is 0 Å². The van der Waals surface area contributed by atoms with Crippen LogP contribution in [-0.4, -0.2) is 28.5 Å². The minimum atomic E-state index is 0.169. The number of carbonyl (C=O) groups excluding carboxylic acids is 1. The monoisotopic (exact) mass is 252 g/mol. The Morgan fingerprint density at radius 2 is 2.00 bits per heavy atom. The minimum Gasteiger partial charge on any atom is -0.396 e. The van der Waals surface area contributed by atoms with E-state index in [1.54, 1.807) is 11.8 Å².